The van der Waals surface area contributed by atoms with Crippen LogP contribution in [-0.2, 0) is 0 Å². The molecule has 0 aliphatic heterocycles. The average Bonchev–Trinajstić information content (AvgIpc) is 2.26. The van der Waals surface area contributed by atoms with E-state index in [-0.39, 0.29) is 6.04 Å². The Morgan fingerprint density at radius 2 is 2.20 bits per heavy atom. The molecule has 1 heterocycles. The summed E-state index contributed by atoms with van der Waals surface area (Å²) in [5.74, 6) is 1.88. The first-order valence-corrected chi connectivity index (χ1v) is 6.46. The van der Waals surface area contributed by atoms with Gasteiger partial charge in [0.25, 0.3) is 0 Å². The number of rotatable bonds is 5. The van der Waals surface area contributed by atoms with Crippen LogP contribution in [0.25, 0.3) is 0 Å². The van der Waals surface area contributed by atoms with Gasteiger partial charge < -0.3 is 5.73 Å². The van der Waals surface area contributed by atoms with Crippen LogP contribution in [0.4, 0.5) is 0 Å². The molecule has 1 aromatic rings. The quantitative estimate of drug-likeness (QED) is 0.780. The van der Waals surface area contributed by atoms with Crippen LogP contribution in [0, 0.1) is 5.92 Å². The summed E-state index contributed by atoms with van der Waals surface area (Å²) < 4.78 is 0. The van der Waals surface area contributed by atoms with Gasteiger partial charge in [0.15, 0.2) is 0 Å². The minimum atomic E-state index is 0.0935. The third-order valence-electron chi connectivity index (χ3n) is 2.50. The van der Waals surface area contributed by atoms with Gasteiger partial charge in [0, 0.05) is 18.0 Å². The summed E-state index contributed by atoms with van der Waals surface area (Å²) in [5.41, 5.74) is 6.99. The molecule has 15 heavy (non-hydrogen) atoms. The summed E-state index contributed by atoms with van der Waals surface area (Å²) >= 11 is 1.82. The fourth-order valence-electron chi connectivity index (χ4n) is 1.13. The van der Waals surface area contributed by atoms with E-state index in [1.54, 1.807) is 0 Å². The number of hydrogen-bond acceptors (Lipinski definition) is 3. The molecule has 2 nitrogen and oxygen atoms in total. The number of pyridine rings is 1. The van der Waals surface area contributed by atoms with E-state index in [1.165, 1.54) is 6.42 Å². The van der Waals surface area contributed by atoms with E-state index in [0.29, 0.717) is 0 Å². The van der Waals surface area contributed by atoms with Gasteiger partial charge in [-0.1, -0.05) is 20.3 Å². The molecule has 0 saturated heterocycles. The lowest BCUT2D eigenvalue weighted by Crippen LogP contribution is -2.05. The van der Waals surface area contributed by atoms with E-state index in [4.69, 9.17) is 5.73 Å². The molecule has 1 unspecified atom stereocenters. The lowest BCUT2D eigenvalue weighted by Gasteiger charge is -2.09. The largest absolute Gasteiger partial charge is 0.324 e. The Balaban J connectivity index is 2.58. The molecule has 0 radical (unpaired) electrons. The van der Waals surface area contributed by atoms with Crippen LogP contribution in [-0.4, -0.2) is 10.7 Å². The highest BCUT2D eigenvalue weighted by atomic mass is 32.2. The first kappa shape index (κ1) is 12.5. The topological polar surface area (TPSA) is 38.9 Å². The Kier molecular flexibility index (Phi) is 5.12. The van der Waals surface area contributed by atoms with Crippen molar-refractivity contribution in [3.8, 4) is 0 Å². The fourth-order valence-corrected chi connectivity index (χ4v) is 2.18. The van der Waals surface area contributed by atoms with Crippen molar-refractivity contribution in [2.45, 2.75) is 38.3 Å². The molecule has 0 aromatic carbocycles. The second kappa shape index (κ2) is 6.13. The zero-order chi connectivity index (χ0) is 11.3. The second-order valence-electron chi connectivity index (χ2n) is 4.04. The van der Waals surface area contributed by atoms with Crippen molar-refractivity contribution < 1.29 is 0 Å². The molecular formula is C12H20N2S. The van der Waals surface area contributed by atoms with Crippen LogP contribution in [0.1, 0.15) is 38.8 Å². The van der Waals surface area contributed by atoms with Crippen molar-refractivity contribution in [2.24, 2.45) is 11.7 Å². The van der Waals surface area contributed by atoms with E-state index in [2.05, 4.69) is 24.9 Å². The summed E-state index contributed by atoms with van der Waals surface area (Å²) in [7, 11) is 0. The Morgan fingerprint density at radius 3 is 2.80 bits per heavy atom. The standard InChI is InChI=1S/C12H20N2S/c1-4-9(2)8-15-12-7-11(10(3)13)5-6-14-12/h5-7,9-10H,4,8,13H2,1-3H3/t9?,10-/m0/s1. The average molecular weight is 224 g/mol. The first-order valence-electron chi connectivity index (χ1n) is 5.47. The zero-order valence-electron chi connectivity index (χ0n) is 9.73. The molecule has 0 aliphatic carbocycles. The molecule has 2 N–H and O–H groups in total. The maximum absolute atomic E-state index is 5.83. The molecular weight excluding hydrogens is 204 g/mol. The van der Waals surface area contributed by atoms with Crippen molar-refractivity contribution in [2.75, 3.05) is 5.75 Å². The normalized spacial score (nSPS) is 14.9. The molecule has 0 spiro atoms. The summed E-state index contributed by atoms with van der Waals surface area (Å²) in [5, 5.41) is 1.09. The van der Waals surface area contributed by atoms with Crippen molar-refractivity contribution in [1.29, 1.82) is 0 Å². The molecule has 0 fully saturated rings. The Labute approximate surface area is 96.7 Å². The number of thioether (sulfide) groups is 1. The van der Waals surface area contributed by atoms with Gasteiger partial charge in [-0.2, -0.15) is 0 Å². The van der Waals surface area contributed by atoms with E-state index in [0.717, 1.165) is 22.3 Å². The maximum atomic E-state index is 5.83. The van der Waals surface area contributed by atoms with E-state index in [1.807, 2.05) is 30.9 Å². The molecule has 2 atom stereocenters. The first-order chi connectivity index (χ1) is 7.13. The molecule has 0 amide bonds. The minimum absolute atomic E-state index is 0.0935. The Hall–Kier alpha value is -0.540. The highest BCUT2D eigenvalue weighted by Crippen LogP contribution is 2.22. The number of nitrogens with zero attached hydrogens (tertiary/aromatic N) is 1. The summed E-state index contributed by atoms with van der Waals surface area (Å²) in [6.07, 6.45) is 3.07. The van der Waals surface area contributed by atoms with E-state index >= 15 is 0 Å². The van der Waals surface area contributed by atoms with Crippen LogP contribution in [0.15, 0.2) is 23.4 Å². The van der Waals surface area contributed by atoms with Gasteiger partial charge in [0.05, 0.1) is 5.03 Å². The van der Waals surface area contributed by atoms with E-state index < -0.39 is 0 Å². The van der Waals surface area contributed by atoms with Crippen LogP contribution in [0.3, 0.4) is 0 Å². The maximum Gasteiger partial charge on any atom is 0.0963 e. The fraction of sp³-hybridized carbons (Fsp3) is 0.583. The lowest BCUT2D eigenvalue weighted by molar-refractivity contribution is 0.636. The van der Waals surface area contributed by atoms with Crippen molar-refractivity contribution in [1.82, 2.24) is 4.98 Å². The summed E-state index contributed by atoms with van der Waals surface area (Å²) in [4.78, 5) is 4.34. The van der Waals surface area contributed by atoms with Crippen LogP contribution >= 0.6 is 11.8 Å². The predicted octanol–water partition coefficient (Wildman–Crippen LogP) is 3.24. The predicted molar refractivity (Wildman–Crippen MR) is 67.0 cm³/mol. The molecule has 0 bridgehead atoms. The number of aromatic nitrogens is 1. The van der Waals surface area contributed by atoms with Gasteiger partial charge in [-0.15, -0.1) is 11.8 Å². The second-order valence-corrected chi connectivity index (χ2v) is 5.08. The molecule has 1 aromatic heterocycles. The van der Waals surface area contributed by atoms with Gasteiger partial charge in [-0.05, 0) is 30.5 Å². The summed E-state index contributed by atoms with van der Waals surface area (Å²) in [6, 6.07) is 4.17. The molecule has 84 valence electrons. The van der Waals surface area contributed by atoms with Gasteiger partial charge in [-0.25, -0.2) is 4.98 Å². The molecule has 0 saturated carbocycles. The molecule has 0 aliphatic rings. The third-order valence-corrected chi connectivity index (χ3v) is 3.75. The van der Waals surface area contributed by atoms with Gasteiger partial charge >= 0.3 is 0 Å². The van der Waals surface area contributed by atoms with Gasteiger partial charge in [-0.3, -0.25) is 0 Å². The van der Waals surface area contributed by atoms with Crippen LogP contribution in [0.5, 0.6) is 0 Å². The van der Waals surface area contributed by atoms with Crippen molar-refractivity contribution in [3.05, 3.63) is 23.9 Å². The monoisotopic (exact) mass is 224 g/mol. The highest BCUT2D eigenvalue weighted by molar-refractivity contribution is 7.99. The minimum Gasteiger partial charge on any atom is -0.324 e. The van der Waals surface area contributed by atoms with Crippen LogP contribution in [0.2, 0.25) is 0 Å². The molecule has 1 rings (SSSR count). The lowest BCUT2D eigenvalue weighted by atomic mass is 10.1. The van der Waals surface area contributed by atoms with Gasteiger partial charge in [0.2, 0.25) is 0 Å². The Bertz CT molecular complexity index is 299. The SMILES string of the molecule is CCC(C)CSc1cc([C@H](C)N)ccn1. The van der Waals surface area contributed by atoms with E-state index in [9.17, 15) is 0 Å². The number of hydrogen-bond donors (Lipinski definition) is 1. The smallest absolute Gasteiger partial charge is 0.0963 e. The van der Waals surface area contributed by atoms with Crippen molar-refractivity contribution in [3.63, 3.8) is 0 Å². The number of nitrogens with two attached hydrogens (primary N) is 1. The zero-order valence-corrected chi connectivity index (χ0v) is 10.6. The van der Waals surface area contributed by atoms with Crippen molar-refractivity contribution >= 4 is 11.8 Å². The highest BCUT2D eigenvalue weighted by Gasteiger charge is 2.04. The van der Waals surface area contributed by atoms with Crippen LogP contribution < -0.4 is 5.73 Å². The molecule has 3 heteroatoms. The third kappa shape index (κ3) is 4.22. The Morgan fingerprint density at radius 1 is 1.47 bits per heavy atom. The summed E-state index contributed by atoms with van der Waals surface area (Å²) in [6.45, 7) is 6.48. The van der Waals surface area contributed by atoms with Gasteiger partial charge in [0.1, 0.15) is 0 Å².